The van der Waals surface area contributed by atoms with Gasteiger partial charge in [0.25, 0.3) is 5.91 Å². The minimum absolute atomic E-state index is 0.0275. The maximum absolute atomic E-state index is 13.4. The van der Waals surface area contributed by atoms with E-state index in [0.717, 1.165) is 41.7 Å². The molecule has 4 aromatic rings. The number of carboxylic acids is 1. The van der Waals surface area contributed by atoms with E-state index in [9.17, 15) is 9.59 Å². The van der Waals surface area contributed by atoms with Crippen LogP contribution >= 0.6 is 11.6 Å². The number of carbonyl (C=O) groups excluding carboxylic acids is 1. The first-order valence-corrected chi connectivity index (χ1v) is 13.5. The maximum Gasteiger partial charge on any atom is 0.303 e. The minimum Gasteiger partial charge on any atom is -0.481 e. The normalized spacial score (nSPS) is 13.7. The van der Waals surface area contributed by atoms with Crippen molar-refractivity contribution >= 4 is 40.3 Å². The monoisotopic (exact) mass is 546 g/mol. The summed E-state index contributed by atoms with van der Waals surface area (Å²) in [6, 6.07) is 12.9. The van der Waals surface area contributed by atoms with Crippen LogP contribution in [0.3, 0.4) is 0 Å². The molecule has 0 atom stereocenters. The number of carbonyl (C=O) groups is 2. The molecule has 39 heavy (non-hydrogen) atoms. The van der Waals surface area contributed by atoms with Gasteiger partial charge in [-0.15, -0.1) is 0 Å². The SMILES string of the molecule is Cc1nc(N2CCN(C(=O)c3ccc4nc(-c5ccc(Cl)cc5)c(CCCCC(=O)O)nc4c3)CC2)cn1C. The zero-order valence-electron chi connectivity index (χ0n) is 22.1. The summed E-state index contributed by atoms with van der Waals surface area (Å²) in [5.74, 6) is 1.06. The lowest BCUT2D eigenvalue weighted by Gasteiger charge is -2.35. The third-order valence-electron chi connectivity index (χ3n) is 7.14. The number of benzene rings is 2. The van der Waals surface area contributed by atoms with E-state index in [2.05, 4.69) is 9.88 Å². The molecule has 1 saturated heterocycles. The summed E-state index contributed by atoms with van der Waals surface area (Å²) in [7, 11) is 1.98. The molecule has 3 heterocycles. The van der Waals surface area contributed by atoms with Crippen molar-refractivity contribution in [3.05, 3.63) is 70.8 Å². The second-order valence-electron chi connectivity index (χ2n) is 9.87. The molecule has 0 radical (unpaired) electrons. The van der Waals surface area contributed by atoms with Crippen molar-refractivity contribution in [3.63, 3.8) is 0 Å². The van der Waals surface area contributed by atoms with Crippen molar-refractivity contribution in [1.82, 2.24) is 24.4 Å². The van der Waals surface area contributed by atoms with Crippen LogP contribution in [0.25, 0.3) is 22.3 Å². The lowest BCUT2D eigenvalue weighted by atomic mass is 10.0. The number of hydrogen-bond donors (Lipinski definition) is 1. The van der Waals surface area contributed by atoms with Gasteiger partial charge in [0.1, 0.15) is 11.6 Å². The largest absolute Gasteiger partial charge is 0.481 e. The predicted molar refractivity (Wildman–Crippen MR) is 151 cm³/mol. The van der Waals surface area contributed by atoms with Gasteiger partial charge in [-0.1, -0.05) is 23.7 Å². The van der Waals surface area contributed by atoms with Crippen molar-refractivity contribution in [2.45, 2.75) is 32.6 Å². The van der Waals surface area contributed by atoms with E-state index >= 15 is 0 Å². The van der Waals surface area contributed by atoms with Crippen LogP contribution in [-0.4, -0.2) is 67.6 Å². The van der Waals surface area contributed by atoms with Crippen LogP contribution in [0.4, 0.5) is 5.82 Å². The fourth-order valence-corrected chi connectivity index (χ4v) is 4.95. The number of unbranched alkanes of at least 4 members (excludes halogenated alkanes) is 1. The Kier molecular flexibility index (Phi) is 7.79. The molecule has 10 heteroatoms. The van der Waals surface area contributed by atoms with Gasteiger partial charge in [0.2, 0.25) is 0 Å². The Labute approximate surface area is 232 Å². The van der Waals surface area contributed by atoms with Crippen molar-refractivity contribution in [2.24, 2.45) is 7.05 Å². The molecule has 0 saturated carbocycles. The molecule has 0 spiro atoms. The van der Waals surface area contributed by atoms with Crippen LogP contribution in [-0.2, 0) is 18.3 Å². The van der Waals surface area contributed by atoms with Gasteiger partial charge in [-0.2, -0.15) is 0 Å². The van der Waals surface area contributed by atoms with Gasteiger partial charge in [-0.05, 0) is 56.5 Å². The molecule has 0 aliphatic carbocycles. The highest BCUT2D eigenvalue weighted by Gasteiger charge is 2.24. The number of anilines is 1. The van der Waals surface area contributed by atoms with Crippen LogP contribution in [0.15, 0.2) is 48.7 Å². The number of fused-ring (bicyclic) bond motifs is 1. The van der Waals surface area contributed by atoms with Crippen LogP contribution < -0.4 is 4.90 Å². The van der Waals surface area contributed by atoms with Gasteiger partial charge in [-0.3, -0.25) is 9.59 Å². The molecule has 0 unspecified atom stereocenters. The molecule has 0 bridgehead atoms. The van der Waals surface area contributed by atoms with E-state index in [4.69, 9.17) is 26.7 Å². The fourth-order valence-electron chi connectivity index (χ4n) is 4.82. The molecule has 2 aromatic carbocycles. The third-order valence-corrected chi connectivity index (χ3v) is 7.39. The van der Waals surface area contributed by atoms with E-state index in [1.54, 1.807) is 0 Å². The number of rotatable bonds is 8. The number of aryl methyl sites for hydroxylation is 3. The third kappa shape index (κ3) is 6.04. The molecule has 5 rings (SSSR count). The van der Waals surface area contributed by atoms with E-state index in [1.807, 2.05) is 72.1 Å². The van der Waals surface area contributed by atoms with E-state index in [1.165, 1.54) is 0 Å². The molecule has 202 valence electrons. The number of piperazine rings is 1. The summed E-state index contributed by atoms with van der Waals surface area (Å²) in [5.41, 5.74) is 4.34. The smallest absolute Gasteiger partial charge is 0.303 e. The highest BCUT2D eigenvalue weighted by Crippen LogP contribution is 2.27. The van der Waals surface area contributed by atoms with Gasteiger partial charge in [-0.25, -0.2) is 15.0 Å². The average Bonchev–Trinajstić information content (AvgIpc) is 3.28. The summed E-state index contributed by atoms with van der Waals surface area (Å²) in [6.45, 7) is 4.65. The van der Waals surface area contributed by atoms with E-state index < -0.39 is 5.97 Å². The average molecular weight is 547 g/mol. The number of nitrogens with zero attached hydrogens (tertiary/aromatic N) is 6. The van der Waals surface area contributed by atoms with Crippen LogP contribution in [0.2, 0.25) is 5.02 Å². The van der Waals surface area contributed by atoms with Gasteiger partial charge >= 0.3 is 5.97 Å². The summed E-state index contributed by atoms with van der Waals surface area (Å²) >= 11 is 6.09. The number of imidazole rings is 1. The Balaban J connectivity index is 1.36. The number of carboxylic acid groups (broad SMARTS) is 1. The van der Waals surface area contributed by atoms with Gasteiger partial charge < -0.3 is 19.5 Å². The molecule has 1 N–H and O–H groups in total. The number of aromatic nitrogens is 4. The Bertz CT molecular complexity index is 1490. The molecular formula is C29H31ClN6O3. The van der Waals surface area contributed by atoms with Gasteiger partial charge in [0.15, 0.2) is 0 Å². The Hall–Kier alpha value is -3.98. The standard InChI is InChI=1S/C29H31ClN6O3/c1-19-31-26(18-34(19)2)35-13-15-36(16-14-35)29(39)21-9-12-23-25(17-21)32-24(5-3-4-6-27(37)38)28(33-23)20-7-10-22(30)11-8-20/h7-12,17-18H,3-6,13-16H2,1-2H3,(H,37,38). The molecular weight excluding hydrogens is 516 g/mol. The van der Waals surface area contributed by atoms with Crippen molar-refractivity contribution in [1.29, 1.82) is 0 Å². The second kappa shape index (κ2) is 11.4. The van der Waals surface area contributed by atoms with Gasteiger partial charge in [0.05, 0.1) is 22.4 Å². The zero-order chi connectivity index (χ0) is 27.5. The summed E-state index contributed by atoms with van der Waals surface area (Å²) in [6.07, 6.45) is 3.94. The Morgan fingerprint density at radius 1 is 0.949 bits per heavy atom. The number of aliphatic carboxylic acids is 1. The van der Waals surface area contributed by atoms with Crippen LogP contribution in [0.1, 0.15) is 41.1 Å². The lowest BCUT2D eigenvalue weighted by molar-refractivity contribution is -0.137. The fraction of sp³-hybridized carbons (Fsp3) is 0.345. The highest BCUT2D eigenvalue weighted by molar-refractivity contribution is 6.30. The quantitative estimate of drug-likeness (QED) is 0.318. The minimum atomic E-state index is -0.809. The van der Waals surface area contributed by atoms with Crippen molar-refractivity contribution in [3.8, 4) is 11.3 Å². The van der Waals surface area contributed by atoms with Crippen LogP contribution in [0, 0.1) is 6.92 Å². The molecule has 1 aliphatic heterocycles. The topological polar surface area (TPSA) is 104 Å². The predicted octanol–water partition coefficient (Wildman–Crippen LogP) is 4.75. The first-order valence-electron chi connectivity index (χ1n) is 13.1. The van der Waals surface area contributed by atoms with E-state index in [-0.39, 0.29) is 12.3 Å². The molecule has 1 amide bonds. The summed E-state index contributed by atoms with van der Waals surface area (Å²) < 4.78 is 2.00. The Morgan fingerprint density at radius 2 is 1.69 bits per heavy atom. The number of amides is 1. The first-order chi connectivity index (χ1) is 18.8. The molecule has 2 aromatic heterocycles. The lowest BCUT2D eigenvalue weighted by Crippen LogP contribution is -2.49. The maximum atomic E-state index is 13.4. The van der Waals surface area contributed by atoms with Crippen LogP contribution in [0.5, 0.6) is 0 Å². The Morgan fingerprint density at radius 3 is 2.36 bits per heavy atom. The van der Waals surface area contributed by atoms with Gasteiger partial charge in [0, 0.05) is 62.0 Å². The van der Waals surface area contributed by atoms with E-state index in [0.29, 0.717) is 54.0 Å². The highest BCUT2D eigenvalue weighted by atomic mass is 35.5. The molecule has 9 nitrogen and oxygen atoms in total. The molecule has 1 aliphatic rings. The second-order valence-corrected chi connectivity index (χ2v) is 10.3. The summed E-state index contributed by atoms with van der Waals surface area (Å²) in [4.78, 5) is 42.8. The first kappa shape index (κ1) is 26.6. The molecule has 1 fully saturated rings. The van der Waals surface area contributed by atoms with Crippen molar-refractivity contribution < 1.29 is 14.7 Å². The number of hydrogen-bond acceptors (Lipinski definition) is 6. The number of halogens is 1. The summed E-state index contributed by atoms with van der Waals surface area (Å²) in [5, 5.41) is 9.64. The van der Waals surface area contributed by atoms with Crippen molar-refractivity contribution in [2.75, 3.05) is 31.1 Å². The zero-order valence-corrected chi connectivity index (χ0v) is 22.9.